The second-order valence-electron chi connectivity index (χ2n) is 6.06. The lowest BCUT2D eigenvalue weighted by Crippen LogP contribution is -2.37. The van der Waals surface area contributed by atoms with Gasteiger partial charge in [0.1, 0.15) is 5.54 Å². The van der Waals surface area contributed by atoms with Gasteiger partial charge in [0.05, 0.1) is 10.5 Å². The fourth-order valence-corrected chi connectivity index (χ4v) is 5.13. The molecule has 0 spiro atoms. The normalized spacial score (nSPS) is 17.2. The fourth-order valence-electron chi connectivity index (χ4n) is 2.57. The summed E-state index contributed by atoms with van der Waals surface area (Å²) in [5, 5.41) is 6.20. The van der Waals surface area contributed by atoms with Gasteiger partial charge < -0.3 is 4.42 Å². The van der Waals surface area contributed by atoms with Gasteiger partial charge in [0.25, 0.3) is 0 Å². The maximum absolute atomic E-state index is 12.9. The van der Waals surface area contributed by atoms with Crippen LogP contribution in [0.4, 0.5) is 26.3 Å². The summed E-state index contributed by atoms with van der Waals surface area (Å²) < 4.78 is 107. The fraction of sp³-hybridized carbons (Fsp3) is 0.429. The van der Waals surface area contributed by atoms with Crippen LogP contribution in [-0.2, 0) is 27.9 Å². The summed E-state index contributed by atoms with van der Waals surface area (Å²) in [5.74, 6) is -2.15. The first-order chi connectivity index (χ1) is 12.7. The Labute approximate surface area is 162 Å². The van der Waals surface area contributed by atoms with Gasteiger partial charge in [-0.3, -0.25) is 0 Å². The van der Waals surface area contributed by atoms with E-state index < -0.39 is 50.2 Å². The zero-order valence-electron chi connectivity index (χ0n) is 13.8. The van der Waals surface area contributed by atoms with E-state index in [0.717, 1.165) is 17.4 Å². The summed E-state index contributed by atoms with van der Waals surface area (Å²) in [6, 6.07) is 1.97. The van der Waals surface area contributed by atoms with Crippen LogP contribution in [0.25, 0.3) is 0 Å². The summed E-state index contributed by atoms with van der Waals surface area (Å²) in [6.07, 6.45) is -9.34. The number of alkyl halides is 6. The van der Waals surface area contributed by atoms with E-state index >= 15 is 0 Å². The molecule has 1 aliphatic rings. The monoisotopic (exact) mass is 493 g/mol. The summed E-state index contributed by atoms with van der Waals surface area (Å²) in [4.78, 5) is -0.482. The molecular weight excluding hydrogens is 484 g/mol. The van der Waals surface area contributed by atoms with Crippen molar-refractivity contribution in [3.8, 4) is 0 Å². The summed E-state index contributed by atoms with van der Waals surface area (Å²) in [7, 11) is -3.30. The van der Waals surface area contributed by atoms with Gasteiger partial charge >= 0.3 is 18.2 Å². The van der Waals surface area contributed by atoms with E-state index in [1.165, 1.54) is 0 Å². The first kappa shape index (κ1) is 21.0. The Morgan fingerprint density at radius 2 is 1.71 bits per heavy atom. The quantitative estimate of drug-likeness (QED) is 0.597. The molecule has 3 rings (SSSR count). The SMILES string of the molecule is CN(C1(c2nnc(C(F)(F)F)o2)CC1)S(=O)(=O)c1ccc(C(F)(F)F)cc1Br. The molecule has 0 saturated heterocycles. The molecule has 1 saturated carbocycles. The van der Waals surface area contributed by atoms with Crippen molar-refractivity contribution in [1.82, 2.24) is 14.5 Å². The van der Waals surface area contributed by atoms with Crippen LogP contribution in [0.15, 0.2) is 32.0 Å². The highest BCUT2D eigenvalue weighted by Crippen LogP contribution is 2.52. The molecule has 0 bridgehead atoms. The van der Waals surface area contributed by atoms with Crippen molar-refractivity contribution in [1.29, 1.82) is 0 Å². The van der Waals surface area contributed by atoms with E-state index in [1.54, 1.807) is 0 Å². The molecular formula is C14H10BrF6N3O3S. The second-order valence-corrected chi connectivity index (χ2v) is 8.85. The second kappa shape index (κ2) is 6.42. The van der Waals surface area contributed by atoms with E-state index in [-0.39, 0.29) is 17.3 Å². The zero-order valence-corrected chi connectivity index (χ0v) is 16.2. The zero-order chi connectivity index (χ0) is 21.1. The van der Waals surface area contributed by atoms with Crippen LogP contribution in [0.3, 0.4) is 0 Å². The number of nitrogens with zero attached hydrogens (tertiary/aromatic N) is 3. The number of aromatic nitrogens is 2. The third kappa shape index (κ3) is 3.52. The lowest BCUT2D eigenvalue weighted by atomic mass is 10.2. The molecule has 28 heavy (non-hydrogen) atoms. The Morgan fingerprint density at radius 3 is 2.14 bits per heavy atom. The van der Waals surface area contributed by atoms with E-state index in [1.807, 2.05) is 0 Å². The number of benzene rings is 1. The minimum absolute atomic E-state index is 0.112. The Balaban J connectivity index is 1.97. The van der Waals surface area contributed by atoms with Crippen molar-refractivity contribution in [2.45, 2.75) is 35.6 Å². The van der Waals surface area contributed by atoms with Crippen LogP contribution >= 0.6 is 15.9 Å². The van der Waals surface area contributed by atoms with Crippen molar-refractivity contribution in [2.24, 2.45) is 0 Å². The molecule has 1 aliphatic carbocycles. The van der Waals surface area contributed by atoms with Crippen molar-refractivity contribution in [3.05, 3.63) is 40.0 Å². The predicted molar refractivity (Wildman–Crippen MR) is 84.3 cm³/mol. The molecule has 0 radical (unpaired) electrons. The molecule has 1 aromatic carbocycles. The van der Waals surface area contributed by atoms with Crippen molar-refractivity contribution in [3.63, 3.8) is 0 Å². The molecule has 0 atom stereocenters. The van der Waals surface area contributed by atoms with Gasteiger partial charge in [-0.2, -0.15) is 30.6 Å². The van der Waals surface area contributed by atoms with E-state index in [0.29, 0.717) is 12.1 Å². The van der Waals surface area contributed by atoms with Crippen LogP contribution in [0, 0.1) is 0 Å². The smallest absolute Gasteiger partial charge is 0.415 e. The lowest BCUT2D eigenvalue weighted by molar-refractivity contribution is -0.157. The first-order valence-corrected chi connectivity index (χ1v) is 9.70. The molecule has 0 unspecified atom stereocenters. The molecule has 0 amide bonds. The van der Waals surface area contributed by atoms with Gasteiger partial charge in [0.15, 0.2) is 0 Å². The van der Waals surface area contributed by atoms with Crippen LogP contribution in [-0.4, -0.2) is 30.0 Å². The molecule has 14 heteroatoms. The summed E-state index contributed by atoms with van der Waals surface area (Å²) >= 11 is 2.81. The third-order valence-electron chi connectivity index (χ3n) is 4.29. The largest absolute Gasteiger partial charge is 0.470 e. The van der Waals surface area contributed by atoms with E-state index in [9.17, 15) is 34.8 Å². The third-order valence-corrected chi connectivity index (χ3v) is 7.19. The minimum Gasteiger partial charge on any atom is -0.415 e. The predicted octanol–water partition coefficient (Wildman–Crippen LogP) is 4.18. The Bertz CT molecular complexity index is 1010. The molecule has 1 aromatic heterocycles. The van der Waals surface area contributed by atoms with E-state index in [4.69, 9.17) is 0 Å². The van der Waals surface area contributed by atoms with Gasteiger partial charge in [-0.1, -0.05) is 0 Å². The van der Waals surface area contributed by atoms with Crippen LogP contribution in [0.2, 0.25) is 0 Å². The number of halogens is 7. The summed E-state index contributed by atoms with van der Waals surface area (Å²) in [5.41, 5.74) is -2.55. The molecule has 6 nitrogen and oxygen atoms in total. The maximum Gasteiger partial charge on any atom is 0.470 e. The maximum atomic E-state index is 12.9. The van der Waals surface area contributed by atoms with Gasteiger partial charge in [0, 0.05) is 11.5 Å². The van der Waals surface area contributed by atoms with Gasteiger partial charge in [-0.05, 0) is 47.0 Å². The molecule has 154 valence electrons. The highest BCUT2D eigenvalue weighted by molar-refractivity contribution is 9.10. The van der Waals surface area contributed by atoms with Gasteiger partial charge in [-0.15, -0.1) is 10.2 Å². The van der Waals surface area contributed by atoms with Crippen LogP contribution in [0.1, 0.15) is 30.2 Å². The highest BCUT2D eigenvalue weighted by atomic mass is 79.9. The van der Waals surface area contributed by atoms with Crippen molar-refractivity contribution >= 4 is 26.0 Å². The standard InChI is InChI=1S/C14H10BrF6N3O3S/c1-24(12(4-5-12)10-22-23-11(27-10)14(19,20)21)28(25,26)9-3-2-7(6-8(9)15)13(16,17)18/h2-3,6H,4-5H2,1H3. The lowest BCUT2D eigenvalue weighted by Gasteiger charge is -2.25. The van der Waals surface area contributed by atoms with Crippen molar-refractivity contribution in [2.75, 3.05) is 7.05 Å². The minimum atomic E-state index is -4.89. The molecule has 0 aliphatic heterocycles. The number of hydrogen-bond acceptors (Lipinski definition) is 5. The topological polar surface area (TPSA) is 76.3 Å². The Morgan fingerprint density at radius 1 is 1.11 bits per heavy atom. The molecule has 2 aromatic rings. The average molecular weight is 494 g/mol. The van der Waals surface area contributed by atoms with Crippen LogP contribution in [0.5, 0.6) is 0 Å². The number of sulfonamides is 1. The number of rotatable bonds is 4. The van der Waals surface area contributed by atoms with Gasteiger partial charge in [-0.25, -0.2) is 8.42 Å². The van der Waals surface area contributed by atoms with E-state index in [2.05, 4.69) is 30.5 Å². The molecule has 1 heterocycles. The van der Waals surface area contributed by atoms with Gasteiger partial charge in [0.2, 0.25) is 15.9 Å². The highest BCUT2D eigenvalue weighted by Gasteiger charge is 2.58. The first-order valence-electron chi connectivity index (χ1n) is 7.46. The molecule has 0 N–H and O–H groups in total. The summed E-state index contributed by atoms with van der Waals surface area (Å²) in [6.45, 7) is 0. The molecule has 1 fully saturated rings. The van der Waals surface area contributed by atoms with Crippen molar-refractivity contribution < 1.29 is 39.2 Å². The Kier molecular flexibility index (Phi) is 4.83. The number of hydrogen-bond donors (Lipinski definition) is 0. The van der Waals surface area contributed by atoms with Crippen LogP contribution < -0.4 is 0 Å². The Hall–Kier alpha value is -1.67. The average Bonchev–Trinajstić information content (AvgIpc) is 3.20.